The number of benzene rings is 1. The van der Waals surface area contributed by atoms with E-state index in [0.717, 1.165) is 26.1 Å². The molecule has 0 amide bonds. The molecule has 3 aromatic rings. The normalized spacial score (nSPS) is 11.4. The number of fused-ring (bicyclic) bond motifs is 3. The average molecular weight is 249 g/mol. The lowest BCUT2D eigenvalue weighted by atomic mass is 10.2. The zero-order valence-corrected chi connectivity index (χ0v) is 9.79. The van der Waals surface area contributed by atoms with Crippen LogP contribution in [0, 0.1) is 0 Å². The fourth-order valence-corrected chi connectivity index (χ4v) is 2.83. The van der Waals surface area contributed by atoms with E-state index in [4.69, 9.17) is 20.0 Å². The smallest absolute Gasteiger partial charge is 0.191 e. The third-order valence-electron chi connectivity index (χ3n) is 2.50. The van der Waals surface area contributed by atoms with E-state index in [0.29, 0.717) is 12.5 Å². The Bertz CT molecular complexity index is 671. The zero-order chi connectivity index (χ0) is 11.8. The lowest BCUT2D eigenvalue weighted by Crippen LogP contribution is -1.99. The standard InChI is InChI=1S/C12H11NO3S/c13-9-5-7-1-2-8-6-10(15-4-3-14)17-12(8)11(7)16-9/h1-2,5-6,14H,3-4,13H2. The summed E-state index contributed by atoms with van der Waals surface area (Å²) >= 11 is 1.50. The molecular formula is C12H11NO3S. The second-order valence-electron chi connectivity index (χ2n) is 3.69. The molecule has 2 heterocycles. The average Bonchev–Trinajstić information content (AvgIpc) is 2.87. The van der Waals surface area contributed by atoms with Gasteiger partial charge in [-0.3, -0.25) is 0 Å². The van der Waals surface area contributed by atoms with Gasteiger partial charge in [-0.1, -0.05) is 23.5 Å². The van der Waals surface area contributed by atoms with Crippen molar-refractivity contribution < 1.29 is 14.3 Å². The van der Waals surface area contributed by atoms with E-state index in [1.165, 1.54) is 11.3 Å². The van der Waals surface area contributed by atoms with Crippen molar-refractivity contribution >= 4 is 38.3 Å². The lowest BCUT2D eigenvalue weighted by Gasteiger charge is -1.97. The first kappa shape index (κ1) is 10.4. The topological polar surface area (TPSA) is 68.6 Å². The Balaban J connectivity index is 2.16. The van der Waals surface area contributed by atoms with Crippen molar-refractivity contribution in [2.24, 2.45) is 0 Å². The number of nitrogens with two attached hydrogens (primary N) is 1. The summed E-state index contributed by atoms with van der Waals surface area (Å²) in [5.41, 5.74) is 6.44. The Morgan fingerprint density at radius 2 is 2.12 bits per heavy atom. The SMILES string of the molecule is Nc1cc2ccc3cc(OCCO)sc3c2o1. The maximum Gasteiger partial charge on any atom is 0.191 e. The van der Waals surface area contributed by atoms with Crippen LogP contribution >= 0.6 is 11.3 Å². The number of hydrogen-bond acceptors (Lipinski definition) is 5. The molecule has 4 nitrogen and oxygen atoms in total. The van der Waals surface area contributed by atoms with Crippen molar-refractivity contribution in [1.29, 1.82) is 0 Å². The maximum atomic E-state index is 8.72. The van der Waals surface area contributed by atoms with Gasteiger partial charge in [0.25, 0.3) is 0 Å². The molecule has 3 N–H and O–H groups in total. The molecule has 0 aliphatic heterocycles. The quantitative estimate of drug-likeness (QED) is 0.748. The molecular weight excluding hydrogens is 238 g/mol. The summed E-state index contributed by atoms with van der Waals surface area (Å²) in [5.74, 6) is 0.415. The number of furan rings is 1. The number of aliphatic hydroxyl groups is 1. The van der Waals surface area contributed by atoms with E-state index in [9.17, 15) is 0 Å². The zero-order valence-electron chi connectivity index (χ0n) is 8.97. The predicted octanol–water partition coefficient (Wildman–Crippen LogP) is 2.60. The lowest BCUT2D eigenvalue weighted by molar-refractivity contribution is 0.205. The minimum absolute atomic E-state index is 0.0113. The predicted molar refractivity (Wildman–Crippen MR) is 68.6 cm³/mol. The van der Waals surface area contributed by atoms with Gasteiger partial charge in [0.1, 0.15) is 6.61 Å². The van der Waals surface area contributed by atoms with Gasteiger partial charge >= 0.3 is 0 Å². The highest BCUT2D eigenvalue weighted by atomic mass is 32.1. The van der Waals surface area contributed by atoms with Gasteiger partial charge in [-0.25, -0.2) is 0 Å². The summed E-state index contributed by atoms with van der Waals surface area (Å²) in [7, 11) is 0. The van der Waals surface area contributed by atoms with Crippen LogP contribution in [-0.2, 0) is 0 Å². The molecule has 1 aromatic carbocycles. The van der Waals surface area contributed by atoms with Gasteiger partial charge in [-0.2, -0.15) is 0 Å². The first-order valence-electron chi connectivity index (χ1n) is 5.23. The number of aliphatic hydroxyl groups excluding tert-OH is 1. The van der Waals surface area contributed by atoms with Gasteiger partial charge in [0, 0.05) is 16.8 Å². The van der Waals surface area contributed by atoms with E-state index in [1.807, 2.05) is 24.3 Å². The number of nitrogen functional groups attached to an aromatic ring is 1. The van der Waals surface area contributed by atoms with Crippen LogP contribution in [0.5, 0.6) is 5.06 Å². The Labute approximate surface area is 101 Å². The van der Waals surface area contributed by atoms with Crippen LogP contribution in [0.4, 0.5) is 5.88 Å². The Hall–Kier alpha value is -1.72. The fourth-order valence-electron chi connectivity index (χ4n) is 1.81. The van der Waals surface area contributed by atoms with Crippen LogP contribution in [0.15, 0.2) is 28.7 Å². The van der Waals surface area contributed by atoms with Crippen molar-refractivity contribution in [3.05, 3.63) is 24.3 Å². The van der Waals surface area contributed by atoms with Crippen molar-refractivity contribution in [2.45, 2.75) is 0 Å². The summed E-state index contributed by atoms with van der Waals surface area (Å²) in [4.78, 5) is 0. The fraction of sp³-hybridized carbons (Fsp3) is 0.167. The largest absolute Gasteiger partial charge is 0.482 e. The Morgan fingerprint density at radius 1 is 1.29 bits per heavy atom. The van der Waals surface area contributed by atoms with E-state index in [2.05, 4.69) is 0 Å². The first-order valence-corrected chi connectivity index (χ1v) is 6.05. The monoisotopic (exact) mass is 249 g/mol. The molecule has 0 bridgehead atoms. The first-order chi connectivity index (χ1) is 8.28. The summed E-state index contributed by atoms with van der Waals surface area (Å²) in [5, 5.41) is 11.5. The highest BCUT2D eigenvalue weighted by Crippen LogP contribution is 2.38. The third kappa shape index (κ3) is 1.73. The number of anilines is 1. The molecule has 2 aromatic heterocycles. The van der Waals surface area contributed by atoms with Gasteiger partial charge in [-0.15, -0.1) is 0 Å². The van der Waals surface area contributed by atoms with E-state index in [1.54, 1.807) is 0 Å². The molecule has 0 saturated carbocycles. The van der Waals surface area contributed by atoms with Gasteiger partial charge in [0.05, 0.1) is 11.3 Å². The molecule has 88 valence electrons. The number of rotatable bonds is 3. The van der Waals surface area contributed by atoms with Crippen LogP contribution < -0.4 is 10.5 Å². The molecule has 3 rings (SSSR count). The Morgan fingerprint density at radius 3 is 2.94 bits per heavy atom. The molecule has 5 heteroatoms. The van der Waals surface area contributed by atoms with Gasteiger partial charge in [0.15, 0.2) is 16.5 Å². The summed E-state index contributed by atoms with van der Waals surface area (Å²) in [6.45, 7) is 0.313. The molecule has 0 radical (unpaired) electrons. The second-order valence-corrected chi connectivity index (χ2v) is 4.70. The van der Waals surface area contributed by atoms with Gasteiger partial charge < -0.3 is 20.0 Å². The van der Waals surface area contributed by atoms with Gasteiger partial charge in [0.2, 0.25) is 0 Å². The molecule has 0 fully saturated rings. The van der Waals surface area contributed by atoms with Crippen LogP contribution in [0.1, 0.15) is 0 Å². The maximum absolute atomic E-state index is 8.72. The van der Waals surface area contributed by atoms with E-state index in [-0.39, 0.29) is 6.61 Å². The highest BCUT2D eigenvalue weighted by Gasteiger charge is 2.10. The van der Waals surface area contributed by atoms with Crippen LogP contribution in [-0.4, -0.2) is 18.3 Å². The van der Waals surface area contributed by atoms with Crippen molar-refractivity contribution in [3.63, 3.8) is 0 Å². The molecule has 0 aliphatic carbocycles. The second kappa shape index (κ2) is 3.94. The Kier molecular flexibility index (Phi) is 2.42. The summed E-state index contributed by atoms with van der Waals surface area (Å²) in [6, 6.07) is 7.73. The summed E-state index contributed by atoms with van der Waals surface area (Å²) in [6.07, 6.45) is 0. The molecule has 0 atom stereocenters. The summed E-state index contributed by atoms with van der Waals surface area (Å²) < 4.78 is 11.9. The van der Waals surface area contributed by atoms with Crippen molar-refractivity contribution in [3.8, 4) is 5.06 Å². The molecule has 0 aliphatic rings. The van der Waals surface area contributed by atoms with E-state index >= 15 is 0 Å². The minimum Gasteiger partial charge on any atom is -0.482 e. The molecule has 0 saturated heterocycles. The number of hydrogen-bond donors (Lipinski definition) is 2. The molecule has 0 unspecified atom stereocenters. The minimum atomic E-state index is 0.0113. The third-order valence-corrected chi connectivity index (χ3v) is 3.56. The van der Waals surface area contributed by atoms with Crippen LogP contribution in [0.3, 0.4) is 0 Å². The van der Waals surface area contributed by atoms with Crippen molar-refractivity contribution in [1.82, 2.24) is 0 Å². The van der Waals surface area contributed by atoms with Gasteiger partial charge in [-0.05, 0) is 6.07 Å². The number of ether oxygens (including phenoxy) is 1. The van der Waals surface area contributed by atoms with Crippen LogP contribution in [0.2, 0.25) is 0 Å². The molecule has 0 spiro atoms. The molecule has 17 heavy (non-hydrogen) atoms. The van der Waals surface area contributed by atoms with E-state index < -0.39 is 0 Å². The van der Waals surface area contributed by atoms with Crippen molar-refractivity contribution in [2.75, 3.05) is 18.9 Å². The van der Waals surface area contributed by atoms with Crippen LogP contribution in [0.25, 0.3) is 21.1 Å². The highest BCUT2D eigenvalue weighted by molar-refractivity contribution is 7.21. The number of thiophene rings is 1.